The zero-order valence-corrected chi connectivity index (χ0v) is 17.0. The molecule has 0 amide bonds. The molecule has 0 aliphatic carbocycles. The molecule has 30 heavy (non-hydrogen) atoms. The summed E-state index contributed by atoms with van der Waals surface area (Å²) in [5.74, 6) is 1.49. The third-order valence-corrected chi connectivity index (χ3v) is 5.08. The average Bonchev–Trinajstić information content (AvgIpc) is 3.42. The molecule has 8 heteroatoms. The van der Waals surface area contributed by atoms with Crippen LogP contribution in [0.5, 0.6) is 5.75 Å². The van der Waals surface area contributed by atoms with Crippen molar-refractivity contribution in [2.24, 2.45) is 5.16 Å². The first-order valence-corrected chi connectivity index (χ1v) is 9.86. The Morgan fingerprint density at radius 3 is 2.53 bits per heavy atom. The third-order valence-electron chi connectivity index (χ3n) is 5.08. The highest BCUT2D eigenvalue weighted by atomic mass is 16.7. The number of aromatic nitrogens is 3. The Morgan fingerprint density at radius 1 is 1.13 bits per heavy atom. The number of hydroxylamine groups is 2. The Kier molecular flexibility index (Phi) is 6.36. The number of rotatable bonds is 8. The van der Waals surface area contributed by atoms with Crippen LogP contribution in [0.4, 0.5) is 0 Å². The molecule has 0 bridgehead atoms. The highest BCUT2D eigenvalue weighted by Crippen LogP contribution is 2.38. The molecule has 2 aromatic carbocycles. The fraction of sp³-hybridized carbons (Fsp3) is 0.318. The second-order valence-corrected chi connectivity index (χ2v) is 7.08. The number of nitrogens with one attached hydrogen (secondary N) is 1. The van der Waals surface area contributed by atoms with E-state index in [1.165, 1.54) is 13.4 Å². The summed E-state index contributed by atoms with van der Waals surface area (Å²) in [6.07, 6.45) is 1.83. The molecule has 2 heterocycles. The molecule has 0 spiro atoms. The molecule has 3 atom stereocenters. The predicted molar refractivity (Wildman–Crippen MR) is 112 cm³/mol. The topological polar surface area (TPSA) is 84.9 Å². The minimum Gasteiger partial charge on any atom is -0.473 e. The number of oxime groups is 1. The fourth-order valence-corrected chi connectivity index (χ4v) is 3.78. The standard InChI is InChI=1S/C22H25N5O3/c1-16(26-28-2)21-19(22-23-15-24-25-22)13-20(30-18-11-7-4-8-12-18)27(21)29-14-17-9-5-3-6-10-17/h3-12,15,19-21H,13-14H2,1-2H3,(H,23,24,25). The maximum absolute atomic E-state index is 6.31. The number of benzene rings is 2. The lowest BCUT2D eigenvalue weighted by atomic mass is 9.96. The SMILES string of the molecule is CON=C(C)C1C(c2ncn[nH]2)CC(Oc2ccccc2)N1OCc1ccccc1. The van der Waals surface area contributed by atoms with Crippen LogP contribution in [0, 0.1) is 0 Å². The van der Waals surface area contributed by atoms with E-state index in [-0.39, 0.29) is 18.2 Å². The van der Waals surface area contributed by atoms with E-state index in [1.807, 2.05) is 72.7 Å². The number of hydrogen-bond donors (Lipinski definition) is 1. The minimum absolute atomic E-state index is 0.0455. The Hall–Kier alpha value is -3.23. The zero-order valence-electron chi connectivity index (χ0n) is 17.0. The van der Waals surface area contributed by atoms with E-state index in [2.05, 4.69) is 20.3 Å². The van der Waals surface area contributed by atoms with Gasteiger partial charge in [-0.05, 0) is 24.6 Å². The summed E-state index contributed by atoms with van der Waals surface area (Å²) < 4.78 is 6.31. The highest BCUT2D eigenvalue weighted by molar-refractivity contribution is 5.88. The molecule has 1 aliphatic rings. The fourth-order valence-electron chi connectivity index (χ4n) is 3.78. The van der Waals surface area contributed by atoms with E-state index in [0.717, 1.165) is 22.8 Å². The van der Waals surface area contributed by atoms with Crippen molar-refractivity contribution in [1.29, 1.82) is 0 Å². The van der Waals surface area contributed by atoms with Crippen LogP contribution in [0.25, 0.3) is 0 Å². The molecule has 4 rings (SSSR count). The minimum atomic E-state index is -0.335. The van der Waals surface area contributed by atoms with E-state index >= 15 is 0 Å². The first kappa shape index (κ1) is 20.1. The number of para-hydroxylation sites is 1. The van der Waals surface area contributed by atoms with Crippen LogP contribution in [-0.4, -0.2) is 45.3 Å². The van der Waals surface area contributed by atoms with Crippen molar-refractivity contribution >= 4 is 5.71 Å². The van der Waals surface area contributed by atoms with Gasteiger partial charge >= 0.3 is 0 Å². The molecule has 8 nitrogen and oxygen atoms in total. The van der Waals surface area contributed by atoms with Gasteiger partial charge in [0.1, 0.15) is 25.0 Å². The third kappa shape index (κ3) is 4.50. The summed E-state index contributed by atoms with van der Waals surface area (Å²) in [7, 11) is 1.54. The van der Waals surface area contributed by atoms with Crippen LogP contribution >= 0.6 is 0 Å². The van der Waals surface area contributed by atoms with Crippen LogP contribution in [0.15, 0.2) is 72.1 Å². The first-order chi connectivity index (χ1) is 14.8. The van der Waals surface area contributed by atoms with Gasteiger partial charge in [-0.3, -0.25) is 9.94 Å². The van der Waals surface area contributed by atoms with Crippen molar-refractivity contribution in [1.82, 2.24) is 20.2 Å². The lowest BCUT2D eigenvalue weighted by Crippen LogP contribution is -2.43. The van der Waals surface area contributed by atoms with Crippen molar-refractivity contribution in [3.05, 3.63) is 78.4 Å². The highest BCUT2D eigenvalue weighted by Gasteiger charge is 2.47. The van der Waals surface area contributed by atoms with Gasteiger partial charge in [-0.2, -0.15) is 5.10 Å². The van der Waals surface area contributed by atoms with E-state index in [1.54, 1.807) is 0 Å². The van der Waals surface area contributed by atoms with Gasteiger partial charge in [0.05, 0.1) is 18.4 Å². The van der Waals surface area contributed by atoms with Gasteiger partial charge in [0, 0.05) is 12.3 Å². The summed E-state index contributed by atoms with van der Waals surface area (Å²) in [4.78, 5) is 15.7. The van der Waals surface area contributed by atoms with E-state index in [9.17, 15) is 0 Å². The van der Waals surface area contributed by atoms with Gasteiger partial charge < -0.3 is 9.57 Å². The zero-order chi connectivity index (χ0) is 20.8. The maximum Gasteiger partial charge on any atom is 0.175 e. The van der Waals surface area contributed by atoms with Crippen LogP contribution in [0.1, 0.15) is 30.7 Å². The van der Waals surface area contributed by atoms with Gasteiger partial charge in [-0.15, -0.1) is 5.06 Å². The van der Waals surface area contributed by atoms with Crippen molar-refractivity contribution < 1.29 is 14.4 Å². The van der Waals surface area contributed by atoms with Crippen molar-refractivity contribution in [2.75, 3.05) is 7.11 Å². The summed E-state index contributed by atoms with van der Waals surface area (Å²) in [6, 6.07) is 19.5. The molecule has 0 saturated carbocycles. The van der Waals surface area contributed by atoms with Crippen molar-refractivity contribution in [2.45, 2.75) is 38.1 Å². The van der Waals surface area contributed by atoms with Gasteiger partial charge in [-0.25, -0.2) is 4.98 Å². The van der Waals surface area contributed by atoms with Gasteiger partial charge in [0.15, 0.2) is 6.23 Å². The summed E-state index contributed by atoms with van der Waals surface area (Å²) in [5.41, 5.74) is 1.84. The van der Waals surface area contributed by atoms with E-state index < -0.39 is 0 Å². The van der Waals surface area contributed by atoms with Crippen molar-refractivity contribution in [3.63, 3.8) is 0 Å². The molecule has 1 saturated heterocycles. The number of aromatic amines is 1. The Labute approximate surface area is 175 Å². The molecule has 1 fully saturated rings. The second-order valence-electron chi connectivity index (χ2n) is 7.08. The normalized spacial score (nSPS) is 22.2. The largest absolute Gasteiger partial charge is 0.473 e. The van der Waals surface area contributed by atoms with Crippen LogP contribution in [-0.2, 0) is 16.3 Å². The van der Waals surface area contributed by atoms with E-state index in [0.29, 0.717) is 13.0 Å². The quantitative estimate of drug-likeness (QED) is 0.454. The number of ether oxygens (including phenoxy) is 1. The number of H-pyrrole nitrogens is 1. The molecule has 0 radical (unpaired) electrons. The number of nitrogens with zero attached hydrogens (tertiary/aromatic N) is 4. The summed E-state index contributed by atoms with van der Waals surface area (Å²) in [6.45, 7) is 2.33. The molecule has 156 valence electrons. The molecule has 3 aromatic rings. The summed E-state index contributed by atoms with van der Waals surface area (Å²) in [5, 5.41) is 13.1. The predicted octanol–water partition coefficient (Wildman–Crippen LogP) is 3.52. The van der Waals surface area contributed by atoms with Crippen LogP contribution < -0.4 is 4.74 Å². The molecule has 1 aliphatic heterocycles. The Balaban J connectivity index is 1.64. The first-order valence-electron chi connectivity index (χ1n) is 9.86. The van der Waals surface area contributed by atoms with Crippen molar-refractivity contribution in [3.8, 4) is 5.75 Å². The molecule has 1 N–H and O–H groups in total. The monoisotopic (exact) mass is 407 g/mol. The lowest BCUT2D eigenvalue weighted by molar-refractivity contribution is -0.229. The van der Waals surface area contributed by atoms with Gasteiger partial charge in [0.25, 0.3) is 0 Å². The Morgan fingerprint density at radius 2 is 1.87 bits per heavy atom. The maximum atomic E-state index is 6.31. The molecule has 1 aromatic heterocycles. The number of hydrogen-bond acceptors (Lipinski definition) is 7. The smallest absolute Gasteiger partial charge is 0.175 e. The second kappa shape index (κ2) is 9.51. The lowest BCUT2D eigenvalue weighted by Gasteiger charge is -2.29. The molecular formula is C22H25N5O3. The van der Waals surface area contributed by atoms with E-state index in [4.69, 9.17) is 14.4 Å². The molecule has 3 unspecified atom stereocenters. The average molecular weight is 407 g/mol. The Bertz CT molecular complexity index is 934. The van der Waals surface area contributed by atoms with Crippen LogP contribution in [0.2, 0.25) is 0 Å². The van der Waals surface area contributed by atoms with Crippen LogP contribution in [0.3, 0.4) is 0 Å². The summed E-state index contributed by atoms with van der Waals surface area (Å²) >= 11 is 0. The van der Waals surface area contributed by atoms with Gasteiger partial charge in [0.2, 0.25) is 0 Å². The molecular weight excluding hydrogens is 382 g/mol. The van der Waals surface area contributed by atoms with Gasteiger partial charge in [-0.1, -0.05) is 53.7 Å².